The van der Waals surface area contributed by atoms with E-state index in [1.165, 1.54) is 5.56 Å². The second-order valence-electron chi connectivity index (χ2n) is 9.30. The van der Waals surface area contributed by atoms with E-state index in [0.29, 0.717) is 23.8 Å². The smallest absolute Gasteiger partial charge is 0.325 e. The fourth-order valence-electron chi connectivity index (χ4n) is 4.94. The maximum absolute atomic E-state index is 11.5. The highest BCUT2D eigenvalue weighted by Gasteiger charge is 2.23. The lowest BCUT2D eigenvalue weighted by molar-refractivity contribution is 0.170. The normalized spacial score (nSPS) is 15.1. The summed E-state index contributed by atoms with van der Waals surface area (Å²) in [6.45, 7) is 3.64. The van der Waals surface area contributed by atoms with E-state index < -0.39 is 0 Å². The van der Waals surface area contributed by atoms with Crippen LogP contribution in [-0.2, 0) is 13.0 Å². The van der Waals surface area contributed by atoms with E-state index in [1.807, 2.05) is 28.9 Å². The summed E-state index contributed by atoms with van der Waals surface area (Å²) in [7, 11) is 0. The number of hydrogen-bond donors (Lipinski definition) is 2. The molecule has 6 rings (SSSR count). The molecule has 10 nitrogen and oxygen atoms in total. The van der Waals surface area contributed by atoms with Gasteiger partial charge >= 0.3 is 5.69 Å². The summed E-state index contributed by atoms with van der Waals surface area (Å²) >= 11 is 0. The Balaban J connectivity index is 1.01. The molecule has 0 radical (unpaired) electrons. The fourth-order valence-corrected chi connectivity index (χ4v) is 4.94. The number of ether oxygens (including phenoxy) is 1. The summed E-state index contributed by atoms with van der Waals surface area (Å²) in [6, 6.07) is 18.6. The quantitative estimate of drug-likeness (QED) is 0.325. The molecular formula is C26H28N8O2. The van der Waals surface area contributed by atoms with Crippen LogP contribution in [0.2, 0.25) is 0 Å². The van der Waals surface area contributed by atoms with Crippen molar-refractivity contribution >= 4 is 22.1 Å². The Hall–Kier alpha value is -4.05. The number of aromatic amines is 2. The highest BCUT2D eigenvalue weighted by molar-refractivity contribution is 5.89. The summed E-state index contributed by atoms with van der Waals surface area (Å²) in [5.74, 6) is 1.69. The number of aryl methyl sites for hydroxylation is 1. The number of H-pyrrole nitrogens is 2. The van der Waals surface area contributed by atoms with E-state index >= 15 is 0 Å². The molecule has 10 heteroatoms. The lowest BCUT2D eigenvalue weighted by atomic mass is 10.0. The van der Waals surface area contributed by atoms with Gasteiger partial charge in [0.15, 0.2) is 11.5 Å². The molecule has 5 aromatic rings. The number of aromatic nitrogens is 7. The second kappa shape index (κ2) is 9.90. The minimum Gasteiger partial charge on any atom is -0.494 e. The van der Waals surface area contributed by atoms with Crippen LogP contribution in [0.4, 0.5) is 0 Å². The summed E-state index contributed by atoms with van der Waals surface area (Å²) < 4.78 is 8.01. The zero-order valence-corrected chi connectivity index (χ0v) is 19.9. The van der Waals surface area contributed by atoms with Crippen LogP contribution in [0.3, 0.4) is 0 Å². The van der Waals surface area contributed by atoms with Gasteiger partial charge in [0.25, 0.3) is 0 Å². The molecule has 0 bridgehead atoms. The number of likely N-dealkylation sites (tertiary alicyclic amines) is 1. The van der Waals surface area contributed by atoms with E-state index in [4.69, 9.17) is 4.74 Å². The van der Waals surface area contributed by atoms with Gasteiger partial charge in [-0.2, -0.15) is 0 Å². The number of rotatable bonds is 8. The molecule has 4 heterocycles. The molecule has 1 fully saturated rings. The van der Waals surface area contributed by atoms with Crippen LogP contribution in [0.1, 0.15) is 36.7 Å². The van der Waals surface area contributed by atoms with Crippen LogP contribution >= 0.6 is 0 Å². The number of pyridine rings is 1. The largest absolute Gasteiger partial charge is 0.494 e. The monoisotopic (exact) mass is 484 g/mol. The number of fused-ring (bicyclic) bond motifs is 2. The van der Waals surface area contributed by atoms with Gasteiger partial charge in [-0.15, -0.1) is 5.10 Å². The third-order valence-electron chi connectivity index (χ3n) is 6.79. The van der Waals surface area contributed by atoms with Crippen molar-refractivity contribution in [2.24, 2.45) is 0 Å². The van der Waals surface area contributed by atoms with Crippen molar-refractivity contribution in [1.82, 2.24) is 40.1 Å². The summed E-state index contributed by atoms with van der Waals surface area (Å²) in [5, 5.41) is 13.5. The maximum Gasteiger partial charge on any atom is 0.325 e. The third kappa shape index (κ3) is 4.85. The van der Waals surface area contributed by atoms with Crippen molar-refractivity contribution in [1.29, 1.82) is 0 Å². The Morgan fingerprint density at radius 1 is 1.03 bits per heavy atom. The van der Waals surface area contributed by atoms with Gasteiger partial charge in [-0.05, 0) is 59.5 Å². The lowest BCUT2D eigenvalue weighted by Gasteiger charge is -2.32. The topological polar surface area (TPSA) is 118 Å². The van der Waals surface area contributed by atoms with Gasteiger partial charge in [-0.25, -0.2) is 14.5 Å². The van der Waals surface area contributed by atoms with Crippen LogP contribution in [0.5, 0.6) is 5.75 Å². The molecule has 1 aliphatic rings. The molecule has 184 valence electrons. The average molecular weight is 485 g/mol. The first-order valence-corrected chi connectivity index (χ1v) is 12.4. The maximum atomic E-state index is 11.5. The number of nitrogens with zero attached hydrogens (tertiary/aromatic N) is 6. The van der Waals surface area contributed by atoms with E-state index in [0.717, 1.165) is 67.8 Å². The third-order valence-corrected chi connectivity index (χ3v) is 6.79. The fraction of sp³-hybridized carbons (Fsp3) is 0.346. The van der Waals surface area contributed by atoms with Gasteiger partial charge in [0.1, 0.15) is 5.75 Å². The highest BCUT2D eigenvalue weighted by atomic mass is 16.5. The summed E-state index contributed by atoms with van der Waals surface area (Å²) in [5.41, 5.74) is 3.14. The molecule has 0 saturated carbocycles. The van der Waals surface area contributed by atoms with E-state index in [2.05, 4.69) is 65.7 Å². The first kappa shape index (κ1) is 22.4. The SMILES string of the molecule is O=c1[nH]c2cc3cc(OCCCc4nnnn4C4CCN(Cc5ccccc5)CC4)ccc3nc2[nH]1. The molecule has 0 atom stereocenters. The van der Waals surface area contributed by atoms with Crippen LogP contribution in [0, 0.1) is 0 Å². The van der Waals surface area contributed by atoms with Crippen molar-refractivity contribution in [2.45, 2.75) is 38.3 Å². The predicted octanol–water partition coefficient (Wildman–Crippen LogP) is 3.24. The van der Waals surface area contributed by atoms with Gasteiger partial charge in [0.05, 0.1) is 23.7 Å². The Kier molecular flexibility index (Phi) is 6.17. The number of nitrogens with one attached hydrogen (secondary N) is 2. The van der Waals surface area contributed by atoms with Gasteiger partial charge in [-0.1, -0.05) is 30.3 Å². The van der Waals surface area contributed by atoms with Crippen molar-refractivity contribution in [3.05, 3.63) is 76.5 Å². The summed E-state index contributed by atoms with van der Waals surface area (Å²) in [6.07, 6.45) is 3.67. The molecule has 2 N–H and O–H groups in total. The van der Waals surface area contributed by atoms with E-state index in [1.54, 1.807) is 0 Å². The standard InChI is InChI=1S/C26H28N8O2/c35-26-28-23-16-19-15-21(8-9-22(19)27-25(23)29-26)36-14-4-7-24-30-31-32-34(24)20-10-12-33(13-11-20)17-18-5-2-1-3-6-18/h1-3,5-6,8-9,15-16,20H,4,7,10-14,17H2,(H2,27,28,29,35). The van der Waals surface area contributed by atoms with Crippen molar-refractivity contribution in [2.75, 3.05) is 19.7 Å². The first-order chi connectivity index (χ1) is 17.7. The highest BCUT2D eigenvalue weighted by Crippen LogP contribution is 2.25. The molecule has 0 aliphatic carbocycles. The summed E-state index contributed by atoms with van der Waals surface area (Å²) in [4.78, 5) is 23.9. The van der Waals surface area contributed by atoms with Gasteiger partial charge < -0.3 is 9.72 Å². The molecule has 1 saturated heterocycles. The van der Waals surface area contributed by atoms with Crippen LogP contribution < -0.4 is 10.4 Å². The molecular weight excluding hydrogens is 456 g/mol. The first-order valence-electron chi connectivity index (χ1n) is 12.4. The van der Waals surface area contributed by atoms with Crippen molar-refractivity contribution in [3.8, 4) is 5.75 Å². The minimum atomic E-state index is -0.260. The van der Waals surface area contributed by atoms with Crippen LogP contribution in [-0.4, -0.2) is 59.8 Å². The Labute approximate surface area is 207 Å². The Morgan fingerprint density at radius 3 is 2.75 bits per heavy atom. The zero-order valence-electron chi connectivity index (χ0n) is 19.9. The number of piperidine rings is 1. The molecule has 1 aliphatic heterocycles. The van der Waals surface area contributed by atoms with Crippen molar-refractivity contribution < 1.29 is 4.74 Å². The van der Waals surface area contributed by atoms with Crippen LogP contribution in [0.15, 0.2) is 59.4 Å². The molecule has 36 heavy (non-hydrogen) atoms. The second-order valence-corrected chi connectivity index (χ2v) is 9.30. The molecule has 0 spiro atoms. The predicted molar refractivity (Wildman–Crippen MR) is 136 cm³/mol. The average Bonchev–Trinajstić information content (AvgIpc) is 3.51. The zero-order chi connectivity index (χ0) is 24.3. The Bertz CT molecular complexity index is 1520. The van der Waals surface area contributed by atoms with Gasteiger partial charge in [-0.3, -0.25) is 9.88 Å². The van der Waals surface area contributed by atoms with E-state index in [-0.39, 0.29) is 5.69 Å². The lowest BCUT2D eigenvalue weighted by Crippen LogP contribution is -2.35. The number of imidazole rings is 1. The number of tetrazole rings is 1. The van der Waals surface area contributed by atoms with Gasteiger partial charge in [0.2, 0.25) is 0 Å². The minimum absolute atomic E-state index is 0.260. The van der Waals surface area contributed by atoms with Crippen molar-refractivity contribution in [3.63, 3.8) is 0 Å². The van der Waals surface area contributed by atoms with Crippen LogP contribution in [0.25, 0.3) is 22.1 Å². The van der Waals surface area contributed by atoms with E-state index in [9.17, 15) is 4.79 Å². The van der Waals surface area contributed by atoms with Gasteiger partial charge in [0, 0.05) is 31.4 Å². The number of hydrogen-bond acceptors (Lipinski definition) is 7. The molecule has 2 aromatic carbocycles. The number of benzene rings is 2. The Morgan fingerprint density at radius 2 is 1.89 bits per heavy atom. The molecule has 0 unspecified atom stereocenters. The molecule has 3 aromatic heterocycles. The molecule has 0 amide bonds.